The number of hydrogen-bond donors (Lipinski definition) is 2. The number of furan rings is 1. The molecule has 3 N–H and O–H groups in total. The summed E-state index contributed by atoms with van der Waals surface area (Å²) in [7, 11) is 0. The predicted molar refractivity (Wildman–Crippen MR) is 73.4 cm³/mol. The van der Waals surface area contributed by atoms with Crippen LogP contribution in [-0.2, 0) is 11.3 Å². The Kier molecular flexibility index (Phi) is 4.13. The summed E-state index contributed by atoms with van der Waals surface area (Å²) in [5.41, 5.74) is 2.61. The van der Waals surface area contributed by atoms with Crippen LogP contribution in [0.25, 0.3) is 0 Å². The van der Waals surface area contributed by atoms with E-state index in [1.807, 2.05) is 5.43 Å². The van der Waals surface area contributed by atoms with E-state index in [4.69, 9.17) is 10.3 Å². The summed E-state index contributed by atoms with van der Waals surface area (Å²) in [6.45, 7) is 5.47. The first-order chi connectivity index (χ1) is 9.41. The van der Waals surface area contributed by atoms with Crippen LogP contribution in [0.1, 0.15) is 49.2 Å². The molecule has 6 heteroatoms. The first kappa shape index (κ1) is 14.6. The van der Waals surface area contributed by atoms with Crippen molar-refractivity contribution in [2.75, 3.05) is 6.54 Å². The quantitative estimate of drug-likeness (QED) is 0.497. The van der Waals surface area contributed by atoms with Crippen LogP contribution in [0.2, 0.25) is 0 Å². The number of carbonyl (C=O) groups is 2. The lowest BCUT2D eigenvalue weighted by molar-refractivity contribution is -0.131. The van der Waals surface area contributed by atoms with Gasteiger partial charge in [0.1, 0.15) is 12.0 Å². The predicted octanol–water partition coefficient (Wildman–Crippen LogP) is 1.42. The minimum absolute atomic E-state index is 0.136. The Labute approximate surface area is 118 Å². The van der Waals surface area contributed by atoms with E-state index in [-0.39, 0.29) is 11.3 Å². The maximum atomic E-state index is 12.1. The molecule has 1 aliphatic rings. The van der Waals surface area contributed by atoms with Gasteiger partial charge in [0.25, 0.3) is 5.91 Å². The van der Waals surface area contributed by atoms with Crippen molar-refractivity contribution in [2.45, 2.75) is 39.7 Å². The van der Waals surface area contributed by atoms with Gasteiger partial charge in [0, 0.05) is 13.0 Å². The largest absolute Gasteiger partial charge is 0.467 e. The van der Waals surface area contributed by atoms with Gasteiger partial charge in [-0.1, -0.05) is 13.8 Å². The molecule has 1 aromatic heterocycles. The highest BCUT2D eigenvalue weighted by Gasteiger charge is 2.27. The van der Waals surface area contributed by atoms with Gasteiger partial charge < -0.3 is 9.32 Å². The van der Waals surface area contributed by atoms with Crippen LogP contribution in [-0.4, -0.2) is 23.3 Å². The van der Waals surface area contributed by atoms with Gasteiger partial charge in [-0.2, -0.15) is 0 Å². The van der Waals surface area contributed by atoms with Crippen LogP contribution >= 0.6 is 0 Å². The monoisotopic (exact) mass is 279 g/mol. The topological polar surface area (TPSA) is 88.6 Å². The molecule has 2 amide bonds. The smallest absolute Gasteiger partial charge is 0.268 e. The number of hydrogen-bond acceptors (Lipinski definition) is 4. The van der Waals surface area contributed by atoms with Crippen LogP contribution in [0.3, 0.4) is 0 Å². The number of carbonyl (C=O) groups excluding carboxylic acids is 2. The minimum atomic E-state index is -0.400. The van der Waals surface area contributed by atoms with E-state index in [0.29, 0.717) is 30.8 Å². The van der Waals surface area contributed by atoms with E-state index in [1.165, 1.54) is 6.26 Å². The average Bonchev–Trinajstić information content (AvgIpc) is 2.83. The highest BCUT2D eigenvalue weighted by Crippen LogP contribution is 2.30. The molecule has 0 spiro atoms. The molecule has 0 aromatic carbocycles. The van der Waals surface area contributed by atoms with E-state index in [2.05, 4.69) is 13.8 Å². The lowest BCUT2D eigenvalue weighted by atomic mass is 9.85. The zero-order valence-corrected chi connectivity index (χ0v) is 11.9. The molecule has 2 rings (SSSR count). The molecule has 0 aliphatic carbocycles. The van der Waals surface area contributed by atoms with Gasteiger partial charge in [-0.3, -0.25) is 15.0 Å². The van der Waals surface area contributed by atoms with E-state index in [0.717, 1.165) is 12.8 Å². The van der Waals surface area contributed by atoms with Crippen molar-refractivity contribution in [1.82, 2.24) is 10.3 Å². The second kappa shape index (κ2) is 5.66. The van der Waals surface area contributed by atoms with Gasteiger partial charge in [0.2, 0.25) is 5.91 Å². The first-order valence-electron chi connectivity index (χ1n) is 6.77. The minimum Gasteiger partial charge on any atom is -0.467 e. The summed E-state index contributed by atoms with van der Waals surface area (Å²) >= 11 is 0. The van der Waals surface area contributed by atoms with Crippen LogP contribution in [0.5, 0.6) is 0 Å². The van der Waals surface area contributed by atoms with Gasteiger partial charge in [0.05, 0.1) is 12.1 Å². The average molecular weight is 279 g/mol. The fourth-order valence-corrected chi connectivity index (χ4v) is 2.31. The van der Waals surface area contributed by atoms with Crippen molar-refractivity contribution in [3.05, 3.63) is 23.7 Å². The highest BCUT2D eigenvalue weighted by molar-refractivity contribution is 5.93. The van der Waals surface area contributed by atoms with Crippen molar-refractivity contribution < 1.29 is 14.0 Å². The second-order valence-electron chi connectivity index (χ2n) is 6.00. The van der Waals surface area contributed by atoms with Gasteiger partial charge in [0.15, 0.2) is 0 Å². The molecule has 2 heterocycles. The molecule has 1 aromatic rings. The maximum Gasteiger partial charge on any atom is 0.268 e. The zero-order chi connectivity index (χ0) is 14.8. The Morgan fingerprint density at radius 3 is 2.95 bits per heavy atom. The maximum absolute atomic E-state index is 12.1. The number of hydrazine groups is 1. The van der Waals surface area contributed by atoms with E-state index in [1.54, 1.807) is 11.0 Å². The Morgan fingerprint density at radius 1 is 1.50 bits per heavy atom. The fraction of sp³-hybridized carbons (Fsp3) is 0.571. The zero-order valence-electron chi connectivity index (χ0n) is 11.9. The number of nitrogens with one attached hydrogen (secondary N) is 1. The van der Waals surface area contributed by atoms with E-state index >= 15 is 0 Å². The van der Waals surface area contributed by atoms with Gasteiger partial charge in [-0.15, -0.1) is 0 Å². The fourth-order valence-electron chi connectivity index (χ4n) is 2.31. The van der Waals surface area contributed by atoms with Crippen LogP contribution in [0.15, 0.2) is 16.7 Å². The number of likely N-dealkylation sites (tertiary alicyclic amines) is 1. The number of nitrogens with two attached hydrogens (primary N) is 1. The molecule has 0 saturated carbocycles. The number of nitrogen functional groups attached to an aromatic ring is 1. The Morgan fingerprint density at radius 2 is 2.25 bits per heavy atom. The summed E-state index contributed by atoms with van der Waals surface area (Å²) in [5.74, 6) is 5.39. The Hall–Kier alpha value is -1.82. The van der Waals surface area contributed by atoms with Gasteiger partial charge >= 0.3 is 0 Å². The molecular formula is C14H21N3O3. The van der Waals surface area contributed by atoms with E-state index in [9.17, 15) is 9.59 Å². The van der Waals surface area contributed by atoms with Crippen LogP contribution in [0.4, 0.5) is 0 Å². The number of rotatable bonds is 3. The summed E-state index contributed by atoms with van der Waals surface area (Å²) in [6.07, 6.45) is 3.78. The summed E-state index contributed by atoms with van der Waals surface area (Å²) in [6, 6.07) is 1.62. The molecule has 0 radical (unpaired) electrons. The molecule has 6 nitrogen and oxygen atoms in total. The third kappa shape index (κ3) is 3.39. The molecule has 0 unspecified atom stereocenters. The van der Waals surface area contributed by atoms with Gasteiger partial charge in [-0.05, 0) is 24.3 Å². The van der Waals surface area contributed by atoms with Crippen molar-refractivity contribution in [3.63, 3.8) is 0 Å². The number of nitrogens with zero attached hydrogens (tertiary/aromatic N) is 1. The Bertz CT molecular complexity index is 508. The normalized spacial score (nSPS) is 18.8. The molecule has 0 bridgehead atoms. The Balaban J connectivity index is 2.03. The van der Waals surface area contributed by atoms with Crippen molar-refractivity contribution in [1.29, 1.82) is 0 Å². The highest BCUT2D eigenvalue weighted by atomic mass is 16.3. The van der Waals surface area contributed by atoms with Gasteiger partial charge in [-0.25, -0.2) is 5.84 Å². The van der Waals surface area contributed by atoms with Crippen molar-refractivity contribution in [2.24, 2.45) is 11.3 Å². The lowest BCUT2D eigenvalue weighted by Crippen LogP contribution is -2.30. The lowest BCUT2D eigenvalue weighted by Gasteiger charge is -2.22. The molecular weight excluding hydrogens is 258 g/mol. The molecule has 110 valence electrons. The molecule has 1 fully saturated rings. The van der Waals surface area contributed by atoms with Crippen LogP contribution in [0, 0.1) is 5.41 Å². The standard InChI is InChI=1S/C14H21N3O3/c1-14(2)4-3-12(18)17(6-5-14)8-11-7-10(9-20-11)13(19)16-15/h7,9H,3-6,8,15H2,1-2H3,(H,16,19). The van der Waals surface area contributed by atoms with Crippen molar-refractivity contribution in [3.8, 4) is 0 Å². The third-order valence-electron chi connectivity index (χ3n) is 3.82. The molecule has 1 saturated heterocycles. The first-order valence-corrected chi connectivity index (χ1v) is 6.77. The third-order valence-corrected chi connectivity index (χ3v) is 3.82. The van der Waals surface area contributed by atoms with E-state index < -0.39 is 5.91 Å². The molecule has 0 atom stereocenters. The SMILES string of the molecule is CC1(C)CCC(=O)N(Cc2cc(C(=O)NN)co2)CC1. The summed E-state index contributed by atoms with van der Waals surface area (Å²) < 4.78 is 5.32. The number of amides is 2. The summed E-state index contributed by atoms with van der Waals surface area (Å²) in [5, 5.41) is 0. The van der Waals surface area contributed by atoms with Crippen LogP contribution < -0.4 is 11.3 Å². The second-order valence-corrected chi connectivity index (χ2v) is 6.00. The summed E-state index contributed by atoms with van der Waals surface area (Å²) in [4.78, 5) is 25.2. The molecule has 20 heavy (non-hydrogen) atoms. The molecule has 1 aliphatic heterocycles. The van der Waals surface area contributed by atoms with Crippen molar-refractivity contribution >= 4 is 11.8 Å².